The van der Waals surface area contributed by atoms with Crippen LogP contribution < -0.4 is 10.6 Å². The van der Waals surface area contributed by atoms with Crippen LogP contribution >= 0.6 is 15.9 Å². The molecule has 1 aliphatic carbocycles. The molecule has 5 heteroatoms. The third kappa shape index (κ3) is 3.67. The lowest BCUT2D eigenvalue weighted by Crippen LogP contribution is -2.21. The molecule has 2 aromatic carbocycles. The SMILES string of the molecule is Cc1cccc(C)c1NC(=O)C1CC1C(=O)Nc1cccc(Br)c1. The van der Waals surface area contributed by atoms with E-state index in [1.807, 2.05) is 56.3 Å². The normalized spacial score (nSPS) is 18.8. The molecule has 124 valence electrons. The van der Waals surface area contributed by atoms with Gasteiger partial charge in [0.05, 0.1) is 11.8 Å². The zero-order valence-electron chi connectivity index (χ0n) is 13.6. The van der Waals surface area contributed by atoms with Gasteiger partial charge in [0.1, 0.15) is 0 Å². The van der Waals surface area contributed by atoms with Crippen molar-refractivity contribution in [1.29, 1.82) is 0 Å². The van der Waals surface area contributed by atoms with Gasteiger partial charge >= 0.3 is 0 Å². The minimum atomic E-state index is -0.256. The average Bonchev–Trinajstić information content (AvgIpc) is 3.32. The van der Waals surface area contributed by atoms with E-state index in [1.165, 1.54) is 0 Å². The van der Waals surface area contributed by atoms with Gasteiger partial charge in [-0.05, 0) is 49.6 Å². The van der Waals surface area contributed by atoms with Crippen LogP contribution in [0.15, 0.2) is 46.9 Å². The van der Waals surface area contributed by atoms with Gasteiger partial charge in [0.15, 0.2) is 0 Å². The van der Waals surface area contributed by atoms with Crippen LogP contribution in [0.4, 0.5) is 11.4 Å². The van der Waals surface area contributed by atoms with Crippen LogP contribution in [0.25, 0.3) is 0 Å². The van der Waals surface area contributed by atoms with Gasteiger partial charge in [0.25, 0.3) is 0 Å². The van der Waals surface area contributed by atoms with Gasteiger partial charge in [-0.15, -0.1) is 0 Å². The molecule has 2 amide bonds. The summed E-state index contributed by atoms with van der Waals surface area (Å²) in [5.74, 6) is -0.694. The molecule has 3 rings (SSSR count). The summed E-state index contributed by atoms with van der Waals surface area (Å²) in [6.45, 7) is 3.93. The fraction of sp³-hybridized carbons (Fsp3) is 0.263. The number of carbonyl (C=O) groups excluding carboxylic acids is 2. The summed E-state index contributed by atoms with van der Waals surface area (Å²) in [5, 5.41) is 5.84. The number of anilines is 2. The molecular formula is C19H19BrN2O2. The Balaban J connectivity index is 1.60. The molecule has 0 spiro atoms. The Kier molecular flexibility index (Phi) is 4.71. The number of halogens is 1. The highest BCUT2D eigenvalue weighted by Gasteiger charge is 2.48. The highest BCUT2D eigenvalue weighted by atomic mass is 79.9. The van der Waals surface area contributed by atoms with Gasteiger partial charge in [-0.25, -0.2) is 0 Å². The minimum absolute atomic E-state index is 0.0817. The van der Waals surface area contributed by atoms with Gasteiger partial charge < -0.3 is 10.6 Å². The summed E-state index contributed by atoms with van der Waals surface area (Å²) >= 11 is 3.37. The fourth-order valence-corrected chi connectivity index (χ4v) is 3.20. The van der Waals surface area contributed by atoms with Crippen LogP contribution in [0.2, 0.25) is 0 Å². The molecule has 1 fully saturated rings. The Morgan fingerprint density at radius 1 is 0.958 bits per heavy atom. The van der Waals surface area contributed by atoms with Crippen molar-refractivity contribution in [1.82, 2.24) is 0 Å². The van der Waals surface area contributed by atoms with Crippen LogP contribution in [0.3, 0.4) is 0 Å². The molecule has 0 radical (unpaired) electrons. The molecule has 1 aliphatic rings. The first-order valence-corrected chi connectivity index (χ1v) is 8.68. The Hall–Kier alpha value is -2.14. The van der Waals surface area contributed by atoms with Crippen LogP contribution in [-0.2, 0) is 9.59 Å². The summed E-state index contributed by atoms with van der Waals surface area (Å²) < 4.78 is 0.903. The highest BCUT2D eigenvalue weighted by molar-refractivity contribution is 9.10. The van der Waals surface area contributed by atoms with Crippen molar-refractivity contribution in [2.45, 2.75) is 20.3 Å². The minimum Gasteiger partial charge on any atom is -0.326 e. The number of hydrogen-bond donors (Lipinski definition) is 2. The van der Waals surface area contributed by atoms with E-state index in [0.717, 1.165) is 27.0 Å². The van der Waals surface area contributed by atoms with Crippen molar-refractivity contribution in [2.24, 2.45) is 11.8 Å². The van der Waals surface area contributed by atoms with E-state index in [2.05, 4.69) is 26.6 Å². The average molecular weight is 387 g/mol. The number of hydrogen-bond acceptors (Lipinski definition) is 2. The molecule has 4 nitrogen and oxygen atoms in total. The fourth-order valence-electron chi connectivity index (χ4n) is 2.80. The zero-order chi connectivity index (χ0) is 17.3. The summed E-state index contributed by atoms with van der Waals surface area (Å²) in [7, 11) is 0. The van der Waals surface area contributed by atoms with E-state index >= 15 is 0 Å². The summed E-state index contributed by atoms with van der Waals surface area (Å²) in [4.78, 5) is 24.7. The van der Waals surface area contributed by atoms with E-state index < -0.39 is 0 Å². The third-order valence-electron chi connectivity index (χ3n) is 4.29. The van der Waals surface area contributed by atoms with E-state index in [1.54, 1.807) is 0 Å². The Morgan fingerprint density at radius 2 is 1.54 bits per heavy atom. The molecule has 24 heavy (non-hydrogen) atoms. The predicted octanol–water partition coefficient (Wildman–Crippen LogP) is 4.28. The molecule has 1 saturated carbocycles. The number of rotatable bonds is 4. The second-order valence-corrected chi connectivity index (χ2v) is 7.12. The van der Waals surface area contributed by atoms with Crippen molar-refractivity contribution in [2.75, 3.05) is 10.6 Å². The second-order valence-electron chi connectivity index (χ2n) is 6.20. The number of amides is 2. The molecular weight excluding hydrogens is 368 g/mol. The standard InChI is InChI=1S/C19H19BrN2O2/c1-11-5-3-6-12(2)17(11)22-19(24)16-10-15(16)18(23)21-14-8-4-7-13(20)9-14/h3-9,15-16H,10H2,1-2H3,(H,21,23)(H,22,24). The van der Waals surface area contributed by atoms with E-state index in [0.29, 0.717) is 6.42 Å². The number of para-hydroxylation sites is 1. The first kappa shape index (κ1) is 16.7. The number of benzene rings is 2. The lowest BCUT2D eigenvalue weighted by atomic mass is 10.1. The molecule has 0 aromatic heterocycles. The molecule has 2 atom stereocenters. The molecule has 2 aromatic rings. The lowest BCUT2D eigenvalue weighted by molar-refractivity contribution is -0.122. The van der Waals surface area contributed by atoms with Crippen LogP contribution in [0, 0.1) is 25.7 Å². The van der Waals surface area contributed by atoms with Crippen LogP contribution in [-0.4, -0.2) is 11.8 Å². The topological polar surface area (TPSA) is 58.2 Å². The smallest absolute Gasteiger partial charge is 0.228 e. The van der Waals surface area contributed by atoms with Crippen molar-refractivity contribution >= 4 is 39.1 Å². The second kappa shape index (κ2) is 6.77. The molecule has 0 bridgehead atoms. The molecule has 2 unspecified atom stereocenters. The zero-order valence-corrected chi connectivity index (χ0v) is 15.2. The summed E-state index contributed by atoms with van der Waals surface area (Å²) in [6.07, 6.45) is 0.594. The van der Waals surface area contributed by atoms with E-state index in [4.69, 9.17) is 0 Å². The van der Waals surface area contributed by atoms with Gasteiger partial charge in [0.2, 0.25) is 11.8 Å². The molecule has 0 saturated heterocycles. The van der Waals surface area contributed by atoms with Gasteiger partial charge in [-0.2, -0.15) is 0 Å². The predicted molar refractivity (Wildman–Crippen MR) is 98.9 cm³/mol. The summed E-state index contributed by atoms with van der Waals surface area (Å²) in [5.41, 5.74) is 3.63. The number of carbonyl (C=O) groups is 2. The number of nitrogens with one attached hydrogen (secondary N) is 2. The third-order valence-corrected chi connectivity index (χ3v) is 4.78. The highest BCUT2D eigenvalue weighted by Crippen LogP contribution is 2.40. The quantitative estimate of drug-likeness (QED) is 0.823. The number of aryl methyl sites for hydroxylation is 2. The largest absolute Gasteiger partial charge is 0.326 e. The maximum atomic E-state index is 12.4. The van der Waals surface area contributed by atoms with E-state index in [9.17, 15) is 9.59 Å². The maximum Gasteiger partial charge on any atom is 0.228 e. The Morgan fingerprint density at radius 3 is 2.17 bits per heavy atom. The van der Waals surface area contributed by atoms with Crippen molar-refractivity contribution in [3.63, 3.8) is 0 Å². The monoisotopic (exact) mass is 386 g/mol. The van der Waals surface area contributed by atoms with Crippen LogP contribution in [0.1, 0.15) is 17.5 Å². The molecule has 2 N–H and O–H groups in total. The van der Waals surface area contributed by atoms with E-state index in [-0.39, 0.29) is 23.7 Å². The Labute approximate surface area is 149 Å². The van der Waals surface area contributed by atoms with Gasteiger partial charge in [-0.1, -0.05) is 40.2 Å². The van der Waals surface area contributed by atoms with Crippen LogP contribution in [0.5, 0.6) is 0 Å². The van der Waals surface area contributed by atoms with Crippen molar-refractivity contribution < 1.29 is 9.59 Å². The molecule has 0 heterocycles. The molecule has 0 aliphatic heterocycles. The Bertz CT molecular complexity index is 783. The van der Waals surface area contributed by atoms with Crippen molar-refractivity contribution in [3.05, 3.63) is 58.1 Å². The van der Waals surface area contributed by atoms with Crippen molar-refractivity contribution in [3.8, 4) is 0 Å². The lowest BCUT2D eigenvalue weighted by Gasteiger charge is -2.11. The van der Waals surface area contributed by atoms with Gasteiger partial charge in [0, 0.05) is 15.8 Å². The first-order valence-electron chi connectivity index (χ1n) is 7.89. The maximum absolute atomic E-state index is 12.4. The van der Waals surface area contributed by atoms with Gasteiger partial charge in [-0.3, -0.25) is 9.59 Å². The summed E-state index contributed by atoms with van der Waals surface area (Å²) in [6, 6.07) is 13.3. The first-order chi connectivity index (χ1) is 11.5.